The van der Waals surface area contributed by atoms with Gasteiger partial charge in [-0.15, -0.1) is 0 Å². The SMILES string of the molecule is Clc1ccc(C(NCCCC2CC2)C2CC2)cc1. The fraction of sp³-hybridized carbons (Fsp3) is 0.625. The molecule has 1 nitrogen and oxygen atoms in total. The molecule has 3 rings (SSSR count). The van der Waals surface area contributed by atoms with Crippen LogP contribution < -0.4 is 5.32 Å². The van der Waals surface area contributed by atoms with Gasteiger partial charge in [0.2, 0.25) is 0 Å². The Kier molecular flexibility index (Phi) is 3.91. The lowest BCUT2D eigenvalue weighted by molar-refractivity contribution is 0.465. The number of benzene rings is 1. The van der Waals surface area contributed by atoms with Crippen LogP contribution in [-0.2, 0) is 0 Å². The van der Waals surface area contributed by atoms with Gasteiger partial charge in [-0.1, -0.05) is 36.6 Å². The molecule has 1 atom stereocenters. The summed E-state index contributed by atoms with van der Waals surface area (Å²) in [6.07, 6.45) is 8.46. The molecule has 1 aromatic carbocycles. The zero-order valence-electron chi connectivity index (χ0n) is 10.9. The Morgan fingerprint density at radius 2 is 1.83 bits per heavy atom. The topological polar surface area (TPSA) is 12.0 Å². The highest BCUT2D eigenvalue weighted by molar-refractivity contribution is 6.30. The van der Waals surface area contributed by atoms with Crippen molar-refractivity contribution >= 4 is 11.6 Å². The molecule has 1 aromatic rings. The van der Waals surface area contributed by atoms with Crippen LogP contribution in [0.25, 0.3) is 0 Å². The molecule has 1 N–H and O–H groups in total. The average Bonchev–Trinajstić information content (AvgIpc) is 3.25. The van der Waals surface area contributed by atoms with E-state index in [-0.39, 0.29) is 0 Å². The first-order valence-electron chi connectivity index (χ1n) is 7.32. The fourth-order valence-corrected chi connectivity index (χ4v) is 2.84. The minimum Gasteiger partial charge on any atom is -0.310 e. The van der Waals surface area contributed by atoms with E-state index in [9.17, 15) is 0 Å². The van der Waals surface area contributed by atoms with Crippen LogP contribution in [0, 0.1) is 11.8 Å². The maximum atomic E-state index is 5.96. The fourth-order valence-electron chi connectivity index (χ4n) is 2.71. The number of nitrogens with one attached hydrogen (secondary N) is 1. The van der Waals surface area contributed by atoms with E-state index in [2.05, 4.69) is 17.4 Å². The van der Waals surface area contributed by atoms with E-state index in [0.717, 1.165) is 16.9 Å². The van der Waals surface area contributed by atoms with Crippen molar-refractivity contribution in [3.05, 3.63) is 34.9 Å². The van der Waals surface area contributed by atoms with Crippen molar-refractivity contribution in [2.75, 3.05) is 6.54 Å². The first-order valence-corrected chi connectivity index (χ1v) is 7.69. The van der Waals surface area contributed by atoms with Crippen LogP contribution in [-0.4, -0.2) is 6.54 Å². The molecule has 98 valence electrons. The van der Waals surface area contributed by atoms with Gasteiger partial charge in [-0.05, 0) is 61.8 Å². The van der Waals surface area contributed by atoms with E-state index in [1.807, 2.05) is 12.1 Å². The van der Waals surface area contributed by atoms with Gasteiger partial charge in [0.05, 0.1) is 0 Å². The lowest BCUT2D eigenvalue weighted by Gasteiger charge is -2.19. The van der Waals surface area contributed by atoms with Crippen molar-refractivity contribution in [2.24, 2.45) is 11.8 Å². The van der Waals surface area contributed by atoms with Crippen molar-refractivity contribution in [1.29, 1.82) is 0 Å². The zero-order chi connectivity index (χ0) is 12.4. The Bertz CT molecular complexity index is 379. The Hall–Kier alpha value is -0.530. The van der Waals surface area contributed by atoms with Crippen LogP contribution in [0.4, 0.5) is 0 Å². The van der Waals surface area contributed by atoms with Gasteiger partial charge in [0.25, 0.3) is 0 Å². The molecule has 2 aliphatic rings. The van der Waals surface area contributed by atoms with Crippen molar-refractivity contribution < 1.29 is 0 Å². The minimum absolute atomic E-state index is 0.557. The highest BCUT2D eigenvalue weighted by atomic mass is 35.5. The van der Waals surface area contributed by atoms with Crippen LogP contribution >= 0.6 is 11.6 Å². The Morgan fingerprint density at radius 1 is 1.11 bits per heavy atom. The van der Waals surface area contributed by atoms with Crippen molar-refractivity contribution in [1.82, 2.24) is 5.32 Å². The summed E-state index contributed by atoms with van der Waals surface area (Å²) in [6, 6.07) is 8.94. The predicted octanol–water partition coefficient (Wildman–Crippen LogP) is 4.57. The number of rotatable bonds is 7. The van der Waals surface area contributed by atoms with Gasteiger partial charge in [-0.3, -0.25) is 0 Å². The highest BCUT2D eigenvalue weighted by Crippen LogP contribution is 2.41. The van der Waals surface area contributed by atoms with E-state index >= 15 is 0 Å². The molecule has 2 aliphatic carbocycles. The summed E-state index contributed by atoms with van der Waals surface area (Å²) >= 11 is 5.96. The Morgan fingerprint density at radius 3 is 2.44 bits per heavy atom. The van der Waals surface area contributed by atoms with Gasteiger partial charge in [0, 0.05) is 11.1 Å². The molecule has 2 heteroatoms. The summed E-state index contributed by atoms with van der Waals surface area (Å²) < 4.78 is 0. The second-order valence-electron chi connectivity index (χ2n) is 5.91. The van der Waals surface area contributed by atoms with Gasteiger partial charge in [-0.25, -0.2) is 0 Å². The summed E-state index contributed by atoms with van der Waals surface area (Å²) in [5.41, 5.74) is 1.41. The number of hydrogen-bond donors (Lipinski definition) is 1. The second kappa shape index (κ2) is 5.63. The molecule has 0 heterocycles. The lowest BCUT2D eigenvalue weighted by Crippen LogP contribution is -2.24. The molecule has 2 fully saturated rings. The van der Waals surface area contributed by atoms with Gasteiger partial charge < -0.3 is 5.32 Å². The van der Waals surface area contributed by atoms with Crippen LogP contribution in [0.3, 0.4) is 0 Å². The first kappa shape index (κ1) is 12.5. The number of hydrogen-bond acceptors (Lipinski definition) is 1. The zero-order valence-corrected chi connectivity index (χ0v) is 11.6. The quantitative estimate of drug-likeness (QED) is 0.711. The largest absolute Gasteiger partial charge is 0.310 e. The third-order valence-corrected chi connectivity index (χ3v) is 4.42. The van der Waals surface area contributed by atoms with Crippen LogP contribution in [0.1, 0.15) is 50.1 Å². The van der Waals surface area contributed by atoms with Gasteiger partial charge in [-0.2, -0.15) is 0 Å². The van der Waals surface area contributed by atoms with Crippen molar-refractivity contribution in [3.63, 3.8) is 0 Å². The summed E-state index contributed by atoms with van der Waals surface area (Å²) in [6.45, 7) is 1.17. The van der Waals surface area contributed by atoms with E-state index < -0.39 is 0 Å². The van der Waals surface area contributed by atoms with Crippen LogP contribution in [0.2, 0.25) is 5.02 Å². The second-order valence-corrected chi connectivity index (χ2v) is 6.34. The lowest BCUT2D eigenvalue weighted by atomic mass is 10.0. The van der Waals surface area contributed by atoms with Gasteiger partial charge in [0.1, 0.15) is 0 Å². The molecule has 0 spiro atoms. The molecule has 0 radical (unpaired) electrons. The molecule has 1 unspecified atom stereocenters. The van der Waals surface area contributed by atoms with Gasteiger partial charge >= 0.3 is 0 Å². The Labute approximate surface area is 115 Å². The smallest absolute Gasteiger partial charge is 0.0406 e. The maximum Gasteiger partial charge on any atom is 0.0406 e. The van der Waals surface area contributed by atoms with Crippen LogP contribution in [0.5, 0.6) is 0 Å². The Balaban J connectivity index is 1.52. The van der Waals surface area contributed by atoms with E-state index in [0.29, 0.717) is 6.04 Å². The third kappa shape index (κ3) is 3.49. The highest BCUT2D eigenvalue weighted by Gasteiger charge is 2.31. The standard InChI is InChI=1S/C16H22ClN/c17-15-9-7-14(8-10-15)16(13-5-6-13)18-11-1-2-12-3-4-12/h7-10,12-13,16,18H,1-6,11H2. The number of halogens is 1. The minimum atomic E-state index is 0.557. The summed E-state index contributed by atoms with van der Waals surface area (Å²) in [4.78, 5) is 0. The maximum absolute atomic E-state index is 5.96. The summed E-state index contributed by atoms with van der Waals surface area (Å²) in [5, 5.41) is 4.59. The molecular formula is C16H22ClN. The molecule has 2 saturated carbocycles. The molecule has 0 bridgehead atoms. The van der Waals surface area contributed by atoms with Crippen molar-refractivity contribution in [3.8, 4) is 0 Å². The summed E-state index contributed by atoms with van der Waals surface area (Å²) in [7, 11) is 0. The average molecular weight is 264 g/mol. The molecule has 0 aliphatic heterocycles. The van der Waals surface area contributed by atoms with Gasteiger partial charge in [0.15, 0.2) is 0 Å². The predicted molar refractivity (Wildman–Crippen MR) is 76.9 cm³/mol. The molecule has 18 heavy (non-hydrogen) atoms. The first-order chi connectivity index (χ1) is 8.83. The molecule has 0 saturated heterocycles. The van der Waals surface area contributed by atoms with E-state index in [1.165, 1.54) is 50.6 Å². The molecular weight excluding hydrogens is 242 g/mol. The normalized spacial score (nSPS) is 20.9. The van der Waals surface area contributed by atoms with Crippen LogP contribution in [0.15, 0.2) is 24.3 Å². The third-order valence-electron chi connectivity index (χ3n) is 4.17. The van der Waals surface area contributed by atoms with Crippen molar-refractivity contribution in [2.45, 2.75) is 44.6 Å². The van der Waals surface area contributed by atoms with E-state index in [4.69, 9.17) is 11.6 Å². The summed E-state index contributed by atoms with van der Waals surface area (Å²) in [5.74, 6) is 1.91. The monoisotopic (exact) mass is 263 g/mol. The molecule has 0 aromatic heterocycles. The molecule has 0 amide bonds. The van der Waals surface area contributed by atoms with E-state index in [1.54, 1.807) is 0 Å².